The normalized spacial score (nSPS) is 22.1. The van der Waals surface area contributed by atoms with Gasteiger partial charge in [-0.3, -0.25) is 0 Å². The third-order valence-corrected chi connectivity index (χ3v) is 3.51. The molecule has 0 saturated heterocycles. The standard InChI is InChI=1S/C13H18ClN3O2/c1-19-12-5-4-10(7-11(12)14)17-13(18)16-9-3-2-8(15)6-9/h4-5,7-9H,2-3,6,15H2,1H3,(H2,16,17,18)/t8-,9-/m0/s1. The third-order valence-electron chi connectivity index (χ3n) is 3.22. The fraction of sp³-hybridized carbons (Fsp3) is 0.462. The average molecular weight is 284 g/mol. The van der Waals surface area contributed by atoms with Crippen LogP contribution < -0.4 is 21.1 Å². The molecule has 2 rings (SSSR count). The Morgan fingerprint density at radius 1 is 1.47 bits per heavy atom. The Labute approximate surface area is 117 Å². The van der Waals surface area contributed by atoms with Crippen LogP contribution in [0.25, 0.3) is 0 Å². The van der Waals surface area contributed by atoms with Crippen LogP contribution in [-0.4, -0.2) is 25.2 Å². The molecule has 0 unspecified atom stereocenters. The number of rotatable bonds is 3. The number of carbonyl (C=O) groups excluding carboxylic acids is 1. The fourth-order valence-electron chi connectivity index (χ4n) is 2.24. The van der Waals surface area contributed by atoms with Gasteiger partial charge in [-0.2, -0.15) is 0 Å². The number of ether oxygens (including phenoxy) is 1. The van der Waals surface area contributed by atoms with E-state index in [9.17, 15) is 4.79 Å². The van der Waals surface area contributed by atoms with Gasteiger partial charge >= 0.3 is 6.03 Å². The lowest BCUT2D eigenvalue weighted by Crippen LogP contribution is -2.37. The van der Waals surface area contributed by atoms with Crippen molar-refractivity contribution in [2.45, 2.75) is 31.3 Å². The highest BCUT2D eigenvalue weighted by molar-refractivity contribution is 6.32. The topological polar surface area (TPSA) is 76.4 Å². The predicted molar refractivity (Wildman–Crippen MR) is 75.8 cm³/mol. The number of halogens is 1. The minimum Gasteiger partial charge on any atom is -0.495 e. The second-order valence-electron chi connectivity index (χ2n) is 4.72. The summed E-state index contributed by atoms with van der Waals surface area (Å²) in [6.45, 7) is 0. The number of nitrogens with one attached hydrogen (secondary N) is 2. The van der Waals surface area contributed by atoms with Gasteiger partial charge in [0, 0.05) is 17.8 Å². The van der Waals surface area contributed by atoms with Crippen LogP contribution in [0.15, 0.2) is 18.2 Å². The number of nitrogens with two attached hydrogens (primary N) is 1. The lowest BCUT2D eigenvalue weighted by Gasteiger charge is -2.14. The van der Waals surface area contributed by atoms with Crippen molar-refractivity contribution in [1.29, 1.82) is 0 Å². The Morgan fingerprint density at radius 3 is 2.84 bits per heavy atom. The van der Waals surface area contributed by atoms with Crippen LogP contribution in [0.1, 0.15) is 19.3 Å². The van der Waals surface area contributed by atoms with E-state index in [4.69, 9.17) is 22.1 Å². The average Bonchev–Trinajstić information content (AvgIpc) is 2.74. The van der Waals surface area contributed by atoms with E-state index < -0.39 is 0 Å². The van der Waals surface area contributed by atoms with E-state index in [2.05, 4.69) is 10.6 Å². The van der Waals surface area contributed by atoms with Crippen molar-refractivity contribution in [3.05, 3.63) is 23.2 Å². The summed E-state index contributed by atoms with van der Waals surface area (Å²) >= 11 is 5.99. The van der Waals surface area contributed by atoms with Crippen LogP contribution in [-0.2, 0) is 0 Å². The summed E-state index contributed by atoms with van der Waals surface area (Å²) in [6.07, 6.45) is 2.72. The quantitative estimate of drug-likeness (QED) is 0.797. The molecule has 1 aromatic carbocycles. The van der Waals surface area contributed by atoms with Crippen LogP contribution in [0.4, 0.5) is 10.5 Å². The molecule has 1 aliphatic carbocycles. The van der Waals surface area contributed by atoms with Gasteiger partial charge in [0.15, 0.2) is 0 Å². The van der Waals surface area contributed by atoms with Crippen LogP contribution in [0.3, 0.4) is 0 Å². The van der Waals surface area contributed by atoms with Gasteiger partial charge in [0.05, 0.1) is 12.1 Å². The van der Waals surface area contributed by atoms with Gasteiger partial charge in [0.25, 0.3) is 0 Å². The van der Waals surface area contributed by atoms with Crippen molar-refractivity contribution in [2.75, 3.05) is 12.4 Å². The molecule has 4 N–H and O–H groups in total. The number of methoxy groups -OCH3 is 1. The van der Waals surface area contributed by atoms with Crippen LogP contribution in [0, 0.1) is 0 Å². The largest absolute Gasteiger partial charge is 0.495 e. The molecule has 2 atom stereocenters. The highest BCUT2D eigenvalue weighted by Gasteiger charge is 2.23. The van der Waals surface area contributed by atoms with Crippen molar-refractivity contribution in [2.24, 2.45) is 5.73 Å². The smallest absolute Gasteiger partial charge is 0.319 e. The molecule has 0 aliphatic heterocycles. The van der Waals surface area contributed by atoms with Crippen LogP contribution >= 0.6 is 11.6 Å². The maximum atomic E-state index is 11.8. The number of amides is 2. The molecule has 1 aliphatic rings. The highest BCUT2D eigenvalue weighted by Crippen LogP contribution is 2.27. The summed E-state index contributed by atoms with van der Waals surface area (Å²) in [7, 11) is 1.55. The minimum atomic E-state index is -0.236. The molecule has 0 heterocycles. The molecule has 0 aromatic heterocycles. The summed E-state index contributed by atoms with van der Waals surface area (Å²) in [4.78, 5) is 11.8. The SMILES string of the molecule is COc1ccc(NC(=O)N[C@H]2CC[C@H](N)C2)cc1Cl. The first-order valence-corrected chi connectivity index (χ1v) is 6.63. The minimum absolute atomic E-state index is 0.156. The summed E-state index contributed by atoms with van der Waals surface area (Å²) in [5, 5.41) is 6.11. The number of carbonyl (C=O) groups is 1. The number of urea groups is 1. The number of benzene rings is 1. The van der Waals surface area contributed by atoms with Gasteiger partial charge in [0.2, 0.25) is 0 Å². The Balaban J connectivity index is 1.90. The Hall–Kier alpha value is -1.46. The number of hydrogen-bond donors (Lipinski definition) is 3. The molecule has 6 heteroatoms. The fourth-order valence-corrected chi connectivity index (χ4v) is 2.50. The first-order chi connectivity index (χ1) is 9.08. The first kappa shape index (κ1) is 14.0. The van der Waals surface area contributed by atoms with E-state index in [1.165, 1.54) is 0 Å². The van der Waals surface area contributed by atoms with E-state index in [0.29, 0.717) is 16.5 Å². The van der Waals surface area contributed by atoms with Gasteiger partial charge in [-0.1, -0.05) is 11.6 Å². The molecule has 5 nitrogen and oxygen atoms in total. The van der Waals surface area contributed by atoms with E-state index in [-0.39, 0.29) is 18.1 Å². The Morgan fingerprint density at radius 2 is 2.26 bits per heavy atom. The van der Waals surface area contributed by atoms with Crippen molar-refractivity contribution < 1.29 is 9.53 Å². The molecule has 1 fully saturated rings. The molecule has 19 heavy (non-hydrogen) atoms. The molecule has 2 amide bonds. The van der Waals surface area contributed by atoms with Crippen LogP contribution in [0.5, 0.6) is 5.75 Å². The second kappa shape index (κ2) is 6.12. The zero-order valence-corrected chi connectivity index (χ0v) is 11.5. The van der Waals surface area contributed by atoms with Crippen molar-refractivity contribution in [3.63, 3.8) is 0 Å². The predicted octanol–water partition coefficient (Wildman–Crippen LogP) is 2.35. The van der Waals surface area contributed by atoms with Gasteiger partial charge < -0.3 is 21.1 Å². The molecule has 0 bridgehead atoms. The van der Waals surface area contributed by atoms with E-state index in [0.717, 1.165) is 19.3 Å². The molecule has 104 valence electrons. The van der Waals surface area contributed by atoms with Crippen LogP contribution in [0.2, 0.25) is 5.02 Å². The van der Waals surface area contributed by atoms with Crippen molar-refractivity contribution in [1.82, 2.24) is 5.32 Å². The monoisotopic (exact) mass is 283 g/mol. The first-order valence-electron chi connectivity index (χ1n) is 6.25. The maximum Gasteiger partial charge on any atom is 0.319 e. The summed E-state index contributed by atoms with van der Waals surface area (Å²) in [5.41, 5.74) is 6.43. The zero-order valence-electron chi connectivity index (χ0n) is 10.8. The Bertz CT molecular complexity index is 467. The van der Waals surface area contributed by atoms with Gasteiger partial charge in [-0.15, -0.1) is 0 Å². The zero-order chi connectivity index (χ0) is 13.8. The van der Waals surface area contributed by atoms with Gasteiger partial charge in [-0.25, -0.2) is 4.79 Å². The van der Waals surface area contributed by atoms with Gasteiger partial charge in [-0.05, 0) is 37.5 Å². The molecule has 1 saturated carbocycles. The van der Waals surface area contributed by atoms with E-state index in [1.807, 2.05) is 0 Å². The maximum absolute atomic E-state index is 11.8. The Kier molecular flexibility index (Phi) is 4.50. The molecule has 1 aromatic rings. The summed E-state index contributed by atoms with van der Waals surface area (Å²) < 4.78 is 5.05. The third kappa shape index (κ3) is 3.75. The lowest BCUT2D eigenvalue weighted by molar-refractivity contribution is 0.248. The highest BCUT2D eigenvalue weighted by atomic mass is 35.5. The molecule has 0 radical (unpaired) electrons. The van der Waals surface area contributed by atoms with Gasteiger partial charge in [0.1, 0.15) is 5.75 Å². The summed E-state index contributed by atoms with van der Waals surface area (Å²) in [5.74, 6) is 0.578. The molecular weight excluding hydrogens is 266 g/mol. The number of hydrogen-bond acceptors (Lipinski definition) is 3. The van der Waals surface area contributed by atoms with Crippen molar-refractivity contribution >= 4 is 23.3 Å². The number of anilines is 1. The lowest BCUT2D eigenvalue weighted by atomic mass is 10.2. The summed E-state index contributed by atoms with van der Waals surface area (Å²) in [6, 6.07) is 5.22. The molecule has 0 spiro atoms. The van der Waals surface area contributed by atoms with Crippen molar-refractivity contribution in [3.8, 4) is 5.75 Å². The van der Waals surface area contributed by atoms with E-state index >= 15 is 0 Å². The molecular formula is C13H18ClN3O2. The van der Waals surface area contributed by atoms with E-state index in [1.54, 1.807) is 25.3 Å². The second-order valence-corrected chi connectivity index (χ2v) is 5.13.